The predicted molar refractivity (Wildman–Crippen MR) is 143 cm³/mol. The van der Waals surface area contributed by atoms with Crippen molar-refractivity contribution in [1.82, 2.24) is 0 Å². The second-order valence-corrected chi connectivity index (χ2v) is 8.39. The Morgan fingerprint density at radius 3 is 1.74 bits per heavy atom. The highest BCUT2D eigenvalue weighted by atomic mass is 35.5. The Morgan fingerprint density at radius 1 is 0.737 bits per heavy atom. The van der Waals surface area contributed by atoms with Crippen LogP contribution in [0.3, 0.4) is 0 Å². The van der Waals surface area contributed by atoms with Crippen LogP contribution in [-0.2, 0) is 14.3 Å². The number of hydrogen-bond acceptors (Lipinski definition) is 9. The highest BCUT2D eigenvalue weighted by molar-refractivity contribution is 6.34. The summed E-state index contributed by atoms with van der Waals surface area (Å²) in [5.74, 6) is 4.71. The van der Waals surface area contributed by atoms with E-state index in [2.05, 4.69) is 0 Å². The Hall–Kier alpha value is -3.50. The van der Waals surface area contributed by atoms with Gasteiger partial charge in [0.05, 0.1) is 26.7 Å². The largest absolute Gasteiger partial charge is 0.491 e. The molecule has 204 valence electrons. The number of nitrogens with two attached hydrogens (primary N) is 1. The molecule has 0 radical (unpaired) electrons. The van der Waals surface area contributed by atoms with Crippen molar-refractivity contribution in [3.8, 4) is 28.7 Å². The van der Waals surface area contributed by atoms with Crippen molar-refractivity contribution in [3.63, 3.8) is 0 Å². The van der Waals surface area contributed by atoms with Crippen LogP contribution in [0.15, 0.2) is 60.7 Å². The van der Waals surface area contributed by atoms with Gasteiger partial charge < -0.3 is 33.3 Å². The van der Waals surface area contributed by atoms with Gasteiger partial charge in [0.25, 0.3) is 0 Å². The van der Waals surface area contributed by atoms with E-state index < -0.39 is 5.97 Å². The molecule has 0 aliphatic heterocycles. The summed E-state index contributed by atoms with van der Waals surface area (Å²) in [5.41, 5.74) is 1.92. The van der Waals surface area contributed by atoms with Crippen molar-refractivity contribution in [2.24, 2.45) is 5.90 Å². The van der Waals surface area contributed by atoms with Crippen LogP contribution in [0.2, 0.25) is 5.02 Å². The predicted octanol–water partition coefficient (Wildman–Crippen LogP) is 4.78. The van der Waals surface area contributed by atoms with Gasteiger partial charge in [-0.1, -0.05) is 72.3 Å². The molecule has 2 N–H and O–H groups in total. The van der Waals surface area contributed by atoms with Crippen LogP contribution in [0.25, 0.3) is 0 Å². The number of carbonyl (C=O) groups excluding carboxylic acids is 1. The maximum atomic E-state index is 13.4. The second-order valence-electron chi connectivity index (χ2n) is 8.02. The van der Waals surface area contributed by atoms with Gasteiger partial charge in [-0.3, -0.25) is 4.79 Å². The van der Waals surface area contributed by atoms with Crippen LogP contribution in [0.1, 0.15) is 23.5 Å². The Bertz CT molecular complexity index is 1120. The minimum absolute atomic E-state index is 0.00273. The summed E-state index contributed by atoms with van der Waals surface area (Å²) in [6, 6.07) is 19.4. The SMILES string of the molecule is COCCOc1c(Cl)c(OC)c(OC(=O)CC(c2ccccc2)c2ccccc2)c(ON)c1OCCOC. The summed E-state index contributed by atoms with van der Waals surface area (Å²) in [6.45, 7) is 0.814. The first-order chi connectivity index (χ1) is 18.5. The summed E-state index contributed by atoms with van der Waals surface area (Å²) in [6.07, 6.45) is 0.0186. The molecule has 0 bridgehead atoms. The molecule has 0 fully saturated rings. The van der Waals surface area contributed by atoms with E-state index >= 15 is 0 Å². The van der Waals surface area contributed by atoms with Crippen LogP contribution in [0, 0.1) is 0 Å². The molecule has 9 nitrogen and oxygen atoms in total. The summed E-state index contributed by atoms with van der Waals surface area (Å²) >= 11 is 6.63. The molecule has 0 saturated heterocycles. The molecule has 0 atom stereocenters. The lowest BCUT2D eigenvalue weighted by atomic mass is 9.88. The fourth-order valence-corrected chi connectivity index (χ4v) is 4.13. The summed E-state index contributed by atoms with van der Waals surface area (Å²) < 4.78 is 33.0. The van der Waals surface area contributed by atoms with Crippen LogP contribution < -0.4 is 29.7 Å². The van der Waals surface area contributed by atoms with Gasteiger partial charge in [0.15, 0.2) is 11.5 Å². The lowest BCUT2D eigenvalue weighted by molar-refractivity contribution is -0.134. The number of carbonyl (C=O) groups is 1. The molecule has 38 heavy (non-hydrogen) atoms. The third-order valence-corrected chi connectivity index (χ3v) is 5.95. The fraction of sp³-hybridized carbons (Fsp3) is 0.321. The quantitative estimate of drug-likeness (QED) is 0.125. The smallest absolute Gasteiger partial charge is 0.312 e. The van der Waals surface area contributed by atoms with E-state index in [1.807, 2.05) is 60.7 Å². The molecular formula is C28H32ClNO8. The number of esters is 1. The molecule has 0 spiro atoms. The highest BCUT2D eigenvalue weighted by Crippen LogP contribution is 2.56. The normalized spacial score (nSPS) is 10.8. The third kappa shape index (κ3) is 7.29. The summed E-state index contributed by atoms with van der Waals surface area (Å²) in [5, 5.41) is 0.0160. The maximum absolute atomic E-state index is 13.4. The Kier molecular flexibility index (Phi) is 11.5. The van der Waals surface area contributed by atoms with Crippen LogP contribution >= 0.6 is 11.6 Å². The van der Waals surface area contributed by atoms with E-state index in [0.29, 0.717) is 0 Å². The van der Waals surface area contributed by atoms with E-state index in [1.165, 1.54) is 21.3 Å². The number of benzene rings is 3. The van der Waals surface area contributed by atoms with Gasteiger partial charge in [0.1, 0.15) is 18.2 Å². The topological polar surface area (TPSA) is 108 Å². The van der Waals surface area contributed by atoms with Crippen molar-refractivity contribution in [3.05, 3.63) is 76.8 Å². The molecule has 0 aliphatic rings. The number of hydrogen-bond donors (Lipinski definition) is 1. The highest BCUT2D eigenvalue weighted by Gasteiger charge is 2.32. The molecule has 0 heterocycles. The Morgan fingerprint density at radius 2 is 1.26 bits per heavy atom. The zero-order chi connectivity index (χ0) is 27.3. The first kappa shape index (κ1) is 29.1. The van der Waals surface area contributed by atoms with Crippen molar-refractivity contribution >= 4 is 17.6 Å². The molecule has 0 saturated carbocycles. The lowest BCUT2D eigenvalue weighted by Crippen LogP contribution is -2.17. The van der Waals surface area contributed by atoms with Crippen molar-refractivity contribution in [1.29, 1.82) is 0 Å². The van der Waals surface area contributed by atoms with Crippen LogP contribution in [-0.4, -0.2) is 53.7 Å². The zero-order valence-corrected chi connectivity index (χ0v) is 22.4. The number of methoxy groups -OCH3 is 3. The Balaban J connectivity index is 2.00. The number of halogens is 1. The lowest BCUT2D eigenvalue weighted by Gasteiger charge is -2.22. The molecule has 10 heteroatoms. The van der Waals surface area contributed by atoms with Gasteiger partial charge >= 0.3 is 5.97 Å². The van der Waals surface area contributed by atoms with Crippen molar-refractivity contribution < 1.29 is 38.1 Å². The molecule has 3 aromatic rings. The van der Waals surface area contributed by atoms with Crippen molar-refractivity contribution in [2.75, 3.05) is 47.8 Å². The average Bonchev–Trinajstić information content (AvgIpc) is 2.94. The van der Waals surface area contributed by atoms with Gasteiger partial charge in [-0.25, -0.2) is 0 Å². The van der Waals surface area contributed by atoms with Gasteiger partial charge in [-0.2, -0.15) is 5.90 Å². The van der Waals surface area contributed by atoms with Gasteiger partial charge in [-0.05, 0) is 11.1 Å². The summed E-state index contributed by atoms with van der Waals surface area (Å²) in [7, 11) is 4.44. The number of rotatable bonds is 15. The van der Waals surface area contributed by atoms with Gasteiger partial charge in [0.2, 0.25) is 17.2 Å². The van der Waals surface area contributed by atoms with Gasteiger partial charge in [-0.15, -0.1) is 0 Å². The minimum Gasteiger partial charge on any atom is -0.491 e. The van der Waals surface area contributed by atoms with Gasteiger partial charge in [0, 0.05) is 20.1 Å². The molecule has 0 aliphatic carbocycles. The van der Waals surface area contributed by atoms with E-state index in [9.17, 15) is 4.79 Å². The number of ether oxygens (including phenoxy) is 6. The first-order valence-electron chi connectivity index (χ1n) is 11.9. The molecular weight excluding hydrogens is 514 g/mol. The van der Waals surface area contributed by atoms with Crippen LogP contribution in [0.5, 0.6) is 28.7 Å². The zero-order valence-electron chi connectivity index (χ0n) is 21.6. The van der Waals surface area contributed by atoms with Crippen molar-refractivity contribution in [2.45, 2.75) is 12.3 Å². The summed E-state index contributed by atoms with van der Waals surface area (Å²) in [4.78, 5) is 18.5. The molecule has 3 aromatic carbocycles. The van der Waals surface area contributed by atoms with E-state index in [1.54, 1.807) is 0 Å². The molecule has 3 rings (SSSR count). The van der Waals surface area contributed by atoms with Crippen LogP contribution in [0.4, 0.5) is 0 Å². The molecule has 0 aromatic heterocycles. The molecule has 0 unspecified atom stereocenters. The van der Waals surface area contributed by atoms with E-state index in [-0.39, 0.29) is 72.5 Å². The monoisotopic (exact) mass is 545 g/mol. The standard InChI is InChI=1S/C28H32ClNO8/c1-32-14-16-35-25-23(29)24(34-3)27(28(38-30)26(25)36-17-15-33-2)37-22(31)18-21(19-10-6-4-7-11-19)20-12-8-5-9-13-20/h4-13,21H,14-18,30H2,1-3H3. The first-order valence-corrected chi connectivity index (χ1v) is 12.3. The fourth-order valence-electron chi connectivity index (χ4n) is 3.83. The van der Waals surface area contributed by atoms with E-state index in [4.69, 9.17) is 50.8 Å². The maximum Gasteiger partial charge on any atom is 0.312 e. The Labute approximate surface area is 227 Å². The second kappa shape index (κ2) is 15.0. The average molecular weight is 546 g/mol. The van der Waals surface area contributed by atoms with E-state index in [0.717, 1.165) is 11.1 Å². The molecule has 0 amide bonds. The third-order valence-electron chi connectivity index (χ3n) is 5.60. The minimum atomic E-state index is -0.564.